The van der Waals surface area contributed by atoms with Crippen LogP contribution in [-0.2, 0) is 9.53 Å². The Hall–Kier alpha value is -1.66. The van der Waals surface area contributed by atoms with E-state index in [1.54, 1.807) is 12.1 Å². The van der Waals surface area contributed by atoms with Crippen molar-refractivity contribution < 1.29 is 18.7 Å². The van der Waals surface area contributed by atoms with E-state index in [2.05, 4.69) is 11.9 Å². The summed E-state index contributed by atoms with van der Waals surface area (Å²) in [5.74, 6) is 0.389. The van der Waals surface area contributed by atoms with Gasteiger partial charge in [0.25, 0.3) is 0 Å². The van der Waals surface area contributed by atoms with Gasteiger partial charge in [0.05, 0.1) is 6.54 Å². The molecule has 0 N–H and O–H groups in total. The van der Waals surface area contributed by atoms with Gasteiger partial charge in [-0.1, -0.05) is 0 Å². The Morgan fingerprint density at radius 2 is 1.96 bits per heavy atom. The minimum atomic E-state index is -0.287. The van der Waals surface area contributed by atoms with Crippen LogP contribution in [-0.4, -0.2) is 67.7 Å². The van der Waals surface area contributed by atoms with Crippen molar-refractivity contribution in [1.29, 1.82) is 0 Å². The lowest BCUT2D eigenvalue weighted by molar-refractivity contribution is -0.155. The lowest BCUT2D eigenvalue weighted by atomic mass is 10.0. The van der Waals surface area contributed by atoms with Crippen LogP contribution < -0.4 is 4.74 Å². The molecule has 1 atom stereocenters. The second kappa shape index (κ2) is 7.27. The number of amides is 1. The molecule has 0 aliphatic carbocycles. The molecule has 1 aromatic rings. The van der Waals surface area contributed by atoms with Gasteiger partial charge in [0.1, 0.15) is 30.9 Å². The molecule has 2 fully saturated rings. The topological polar surface area (TPSA) is 42.0 Å². The van der Waals surface area contributed by atoms with Crippen molar-refractivity contribution in [1.82, 2.24) is 9.80 Å². The number of halogens is 1. The van der Waals surface area contributed by atoms with Gasteiger partial charge in [-0.15, -0.1) is 0 Å². The van der Waals surface area contributed by atoms with Crippen LogP contribution in [0.25, 0.3) is 0 Å². The molecule has 5 nitrogen and oxygen atoms in total. The number of morpholine rings is 1. The summed E-state index contributed by atoms with van der Waals surface area (Å²) in [6.07, 6.45) is 1.87. The summed E-state index contributed by atoms with van der Waals surface area (Å²) in [7, 11) is 2.11. The number of carbonyl (C=O) groups excluding carboxylic acids is 1. The maximum atomic E-state index is 12.9. The SMILES string of the molecule is CN1CCC(N2C[C@@H](COc3ccc(F)cc3)OCC2=O)CC1. The van der Waals surface area contributed by atoms with E-state index in [4.69, 9.17) is 9.47 Å². The van der Waals surface area contributed by atoms with Crippen molar-refractivity contribution >= 4 is 5.91 Å². The summed E-state index contributed by atoms with van der Waals surface area (Å²) in [6, 6.07) is 6.23. The lowest BCUT2D eigenvalue weighted by Crippen LogP contribution is -2.55. The van der Waals surface area contributed by atoms with E-state index in [0.29, 0.717) is 24.9 Å². The summed E-state index contributed by atoms with van der Waals surface area (Å²) in [5, 5.41) is 0. The second-order valence-electron chi connectivity index (χ2n) is 6.28. The highest BCUT2D eigenvalue weighted by atomic mass is 19.1. The van der Waals surface area contributed by atoms with Crippen LogP contribution in [0.15, 0.2) is 24.3 Å². The van der Waals surface area contributed by atoms with E-state index >= 15 is 0 Å². The fraction of sp³-hybridized carbons (Fsp3) is 0.588. The molecule has 23 heavy (non-hydrogen) atoms. The fourth-order valence-electron chi connectivity index (χ4n) is 3.13. The Bertz CT molecular complexity index is 529. The van der Waals surface area contributed by atoms with Crippen LogP contribution in [0.3, 0.4) is 0 Å². The van der Waals surface area contributed by atoms with Gasteiger partial charge in [0, 0.05) is 6.04 Å². The average Bonchev–Trinajstić information content (AvgIpc) is 2.56. The number of carbonyl (C=O) groups is 1. The molecule has 126 valence electrons. The van der Waals surface area contributed by atoms with E-state index in [0.717, 1.165) is 25.9 Å². The zero-order valence-electron chi connectivity index (χ0n) is 13.4. The Balaban J connectivity index is 1.53. The second-order valence-corrected chi connectivity index (χ2v) is 6.28. The maximum absolute atomic E-state index is 12.9. The third kappa shape index (κ3) is 4.20. The molecular formula is C17H23FN2O3. The Labute approximate surface area is 136 Å². The third-order valence-electron chi connectivity index (χ3n) is 4.54. The number of likely N-dealkylation sites (tertiary alicyclic amines) is 1. The van der Waals surface area contributed by atoms with Crippen LogP contribution in [0.4, 0.5) is 4.39 Å². The number of rotatable bonds is 4. The van der Waals surface area contributed by atoms with Gasteiger partial charge in [-0.2, -0.15) is 0 Å². The van der Waals surface area contributed by atoms with Crippen LogP contribution >= 0.6 is 0 Å². The highest BCUT2D eigenvalue weighted by molar-refractivity contribution is 5.78. The number of benzene rings is 1. The highest BCUT2D eigenvalue weighted by Gasteiger charge is 2.33. The molecule has 3 rings (SSSR count). The summed E-state index contributed by atoms with van der Waals surface area (Å²) in [5.41, 5.74) is 0. The van der Waals surface area contributed by atoms with Crippen molar-refractivity contribution in [3.05, 3.63) is 30.1 Å². The molecule has 2 saturated heterocycles. The number of hydrogen-bond donors (Lipinski definition) is 0. The van der Waals surface area contributed by atoms with E-state index in [1.807, 2.05) is 4.90 Å². The first kappa shape index (κ1) is 16.2. The lowest BCUT2D eigenvalue weighted by Gasteiger charge is -2.41. The Morgan fingerprint density at radius 3 is 2.65 bits per heavy atom. The van der Waals surface area contributed by atoms with Crippen LogP contribution in [0.1, 0.15) is 12.8 Å². The maximum Gasteiger partial charge on any atom is 0.248 e. The van der Waals surface area contributed by atoms with E-state index in [1.165, 1.54) is 12.1 Å². The average molecular weight is 322 g/mol. The van der Waals surface area contributed by atoms with Crippen molar-refractivity contribution in [2.45, 2.75) is 25.0 Å². The van der Waals surface area contributed by atoms with Crippen LogP contribution in [0.5, 0.6) is 5.75 Å². The van der Waals surface area contributed by atoms with E-state index in [-0.39, 0.29) is 24.4 Å². The standard InChI is InChI=1S/C17H23FN2O3/c1-19-8-6-14(7-9-19)20-10-16(23-12-17(20)21)11-22-15-4-2-13(18)3-5-15/h2-5,14,16H,6-12H2,1H3/t16-/m0/s1. The van der Waals surface area contributed by atoms with E-state index < -0.39 is 0 Å². The van der Waals surface area contributed by atoms with Gasteiger partial charge in [-0.3, -0.25) is 4.79 Å². The number of ether oxygens (including phenoxy) is 2. The molecule has 2 aliphatic heterocycles. The summed E-state index contributed by atoms with van der Waals surface area (Å²) in [4.78, 5) is 16.4. The van der Waals surface area contributed by atoms with Gasteiger partial charge in [-0.05, 0) is 57.2 Å². The van der Waals surface area contributed by atoms with Crippen LogP contribution in [0, 0.1) is 5.82 Å². The van der Waals surface area contributed by atoms with Gasteiger partial charge >= 0.3 is 0 Å². The predicted octanol–water partition coefficient (Wildman–Crippen LogP) is 1.53. The largest absolute Gasteiger partial charge is 0.491 e. The van der Waals surface area contributed by atoms with Crippen molar-refractivity contribution in [2.75, 3.05) is 39.9 Å². The summed E-state index contributed by atoms with van der Waals surface area (Å²) in [6.45, 7) is 3.08. The van der Waals surface area contributed by atoms with E-state index in [9.17, 15) is 9.18 Å². The molecule has 2 heterocycles. The van der Waals surface area contributed by atoms with Gasteiger partial charge in [0.2, 0.25) is 5.91 Å². The number of hydrogen-bond acceptors (Lipinski definition) is 4. The molecular weight excluding hydrogens is 299 g/mol. The number of nitrogens with zero attached hydrogens (tertiary/aromatic N) is 2. The first-order valence-corrected chi connectivity index (χ1v) is 8.10. The minimum absolute atomic E-state index is 0.0672. The van der Waals surface area contributed by atoms with Crippen molar-refractivity contribution in [3.8, 4) is 5.75 Å². The van der Waals surface area contributed by atoms with Gasteiger partial charge in [-0.25, -0.2) is 4.39 Å². The van der Waals surface area contributed by atoms with Crippen LogP contribution in [0.2, 0.25) is 0 Å². The molecule has 1 aromatic carbocycles. The molecule has 6 heteroatoms. The summed E-state index contributed by atoms with van der Waals surface area (Å²) < 4.78 is 24.1. The monoisotopic (exact) mass is 322 g/mol. The molecule has 2 aliphatic rings. The van der Waals surface area contributed by atoms with Gasteiger partial charge < -0.3 is 19.3 Å². The molecule has 0 spiro atoms. The van der Waals surface area contributed by atoms with Crippen molar-refractivity contribution in [3.63, 3.8) is 0 Å². The quantitative estimate of drug-likeness (QED) is 0.843. The first-order valence-electron chi connectivity index (χ1n) is 8.10. The highest BCUT2D eigenvalue weighted by Crippen LogP contribution is 2.20. The zero-order valence-corrected chi connectivity index (χ0v) is 13.4. The first-order chi connectivity index (χ1) is 11.1. The molecule has 1 amide bonds. The molecule has 0 bridgehead atoms. The minimum Gasteiger partial charge on any atom is -0.491 e. The third-order valence-corrected chi connectivity index (χ3v) is 4.54. The molecule has 0 aromatic heterocycles. The normalized spacial score (nSPS) is 24.0. The predicted molar refractivity (Wildman–Crippen MR) is 83.9 cm³/mol. The zero-order chi connectivity index (χ0) is 16.2. The molecule has 0 radical (unpaired) electrons. The number of piperidine rings is 1. The molecule has 0 saturated carbocycles. The smallest absolute Gasteiger partial charge is 0.248 e. The van der Waals surface area contributed by atoms with Crippen molar-refractivity contribution in [2.24, 2.45) is 0 Å². The summed E-state index contributed by atoms with van der Waals surface area (Å²) >= 11 is 0. The Kier molecular flexibility index (Phi) is 5.13. The Morgan fingerprint density at radius 1 is 1.26 bits per heavy atom. The fourth-order valence-corrected chi connectivity index (χ4v) is 3.13. The molecule has 0 unspecified atom stereocenters. The van der Waals surface area contributed by atoms with Gasteiger partial charge in [0.15, 0.2) is 0 Å².